The second-order valence-electron chi connectivity index (χ2n) is 12.2. The van der Waals surface area contributed by atoms with Gasteiger partial charge in [0.15, 0.2) is 0 Å². The summed E-state index contributed by atoms with van der Waals surface area (Å²) in [4.78, 5) is 14.0. The van der Waals surface area contributed by atoms with Crippen LogP contribution in [0.2, 0.25) is 25.7 Å². The van der Waals surface area contributed by atoms with E-state index in [2.05, 4.69) is 56.4 Å². The van der Waals surface area contributed by atoms with Crippen molar-refractivity contribution in [3.8, 4) is 5.69 Å². The molecule has 39 heavy (non-hydrogen) atoms. The van der Waals surface area contributed by atoms with Gasteiger partial charge < -0.3 is 24.4 Å². The van der Waals surface area contributed by atoms with Gasteiger partial charge in [-0.2, -0.15) is 0 Å². The van der Waals surface area contributed by atoms with Crippen LogP contribution in [0.15, 0.2) is 24.8 Å². The quantitative estimate of drug-likeness (QED) is 0.246. The van der Waals surface area contributed by atoms with Crippen LogP contribution in [0, 0.1) is 0 Å². The number of alkyl carbamates (subject to hydrolysis) is 1. The number of hydrogen-bond donors (Lipinski definition) is 1. The molecule has 0 radical (unpaired) electrons. The van der Waals surface area contributed by atoms with Gasteiger partial charge in [-0.15, -0.1) is 15.3 Å². The van der Waals surface area contributed by atoms with Crippen LogP contribution in [0.1, 0.15) is 33.6 Å². The second-order valence-corrected chi connectivity index (χ2v) is 17.8. The summed E-state index contributed by atoms with van der Waals surface area (Å²) in [5, 5.41) is 19.6. The number of carbonyl (C=O) groups is 1. The summed E-state index contributed by atoms with van der Waals surface area (Å²) in [7, 11) is -1.16. The van der Waals surface area contributed by atoms with Crippen LogP contribution in [0.4, 0.5) is 10.5 Å². The number of benzene rings is 1. The van der Waals surface area contributed by atoms with Crippen LogP contribution in [0.3, 0.4) is 0 Å². The molecule has 1 aromatic carbocycles. The number of rotatable bonds is 13. The maximum atomic E-state index is 11.7. The maximum absolute atomic E-state index is 11.7. The van der Waals surface area contributed by atoms with Crippen LogP contribution in [0.25, 0.3) is 16.7 Å². The zero-order chi connectivity index (χ0) is 28.0. The number of ether oxygens (including phenoxy) is 3. The third-order valence-corrected chi connectivity index (χ3v) is 8.00. The second kappa shape index (κ2) is 12.4. The SMILES string of the molecule is CC(C)(C)OC(=O)NCCCCOC1CN(c2cc(-n3cnnc3)cc3c2nnn3COCC[Si](C)(C)C)C1. The topological polar surface area (TPSA) is 121 Å². The van der Waals surface area contributed by atoms with E-state index in [1.165, 1.54) is 0 Å². The molecule has 1 fully saturated rings. The molecule has 4 rings (SSSR count). The molecule has 12 nitrogen and oxygen atoms in total. The Morgan fingerprint density at radius 1 is 1.10 bits per heavy atom. The van der Waals surface area contributed by atoms with Crippen molar-refractivity contribution in [3.63, 3.8) is 0 Å². The van der Waals surface area contributed by atoms with Crippen molar-refractivity contribution in [2.45, 2.75) is 77.7 Å². The van der Waals surface area contributed by atoms with Crippen LogP contribution in [0.5, 0.6) is 0 Å². The fourth-order valence-corrected chi connectivity index (χ4v) is 4.86. The fraction of sp³-hybridized carbons (Fsp3) is 0.654. The first-order valence-electron chi connectivity index (χ1n) is 13.6. The maximum Gasteiger partial charge on any atom is 0.407 e. The molecule has 0 aliphatic carbocycles. The molecule has 0 unspecified atom stereocenters. The highest BCUT2D eigenvalue weighted by Gasteiger charge is 2.30. The monoisotopic (exact) mass is 558 g/mol. The van der Waals surface area contributed by atoms with Gasteiger partial charge in [0.2, 0.25) is 0 Å². The third kappa shape index (κ3) is 8.47. The Morgan fingerprint density at radius 3 is 2.54 bits per heavy atom. The van der Waals surface area contributed by atoms with Gasteiger partial charge in [-0.05, 0) is 51.8 Å². The lowest BCUT2D eigenvalue weighted by atomic mass is 10.1. The van der Waals surface area contributed by atoms with Crippen molar-refractivity contribution in [3.05, 3.63) is 24.8 Å². The minimum absolute atomic E-state index is 0.150. The van der Waals surface area contributed by atoms with E-state index in [1.54, 1.807) is 12.7 Å². The molecule has 1 aliphatic heterocycles. The molecule has 214 valence electrons. The average molecular weight is 559 g/mol. The van der Waals surface area contributed by atoms with E-state index in [4.69, 9.17) is 14.2 Å². The van der Waals surface area contributed by atoms with Gasteiger partial charge in [-0.25, -0.2) is 9.48 Å². The third-order valence-electron chi connectivity index (χ3n) is 6.29. The smallest absolute Gasteiger partial charge is 0.407 e. The van der Waals surface area contributed by atoms with Crippen molar-refractivity contribution < 1.29 is 19.0 Å². The Balaban J connectivity index is 1.30. The molecule has 3 aromatic rings. The van der Waals surface area contributed by atoms with E-state index >= 15 is 0 Å². The molecular formula is C26H42N8O4Si. The van der Waals surface area contributed by atoms with Crippen molar-refractivity contribution in [2.24, 2.45) is 0 Å². The van der Waals surface area contributed by atoms with Crippen LogP contribution < -0.4 is 10.2 Å². The van der Waals surface area contributed by atoms with E-state index < -0.39 is 13.7 Å². The zero-order valence-electron chi connectivity index (χ0n) is 24.0. The largest absolute Gasteiger partial charge is 0.444 e. The Morgan fingerprint density at radius 2 is 1.85 bits per heavy atom. The summed E-state index contributed by atoms with van der Waals surface area (Å²) in [5.41, 5.74) is 3.21. The summed E-state index contributed by atoms with van der Waals surface area (Å²) in [6, 6.07) is 5.24. The van der Waals surface area contributed by atoms with Crippen molar-refractivity contribution in [1.29, 1.82) is 0 Å². The number of anilines is 1. The number of hydrogen-bond acceptors (Lipinski definition) is 9. The van der Waals surface area contributed by atoms with Gasteiger partial charge in [0, 0.05) is 40.9 Å². The van der Waals surface area contributed by atoms with E-state index in [1.807, 2.05) is 36.1 Å². The highest BCUT2D eigenvalue weighted by molar-refractivity contribution is 6.76. The lowest BCUT2D eigenvalue weighted by Crippen LogP contribution is -2.52. The molecule has 3 heterocycles. The molecule has 0 atom stereocenters. The molecule has 0 saturated carbocycles. The summed E-state index contributed by atoms with van der Waals surface area (Å²) < 4.78 is 21.0. The Labute approximate surface area is 231 Å². The van der Waals surface area contributed by atoms with Gasteiger partial charge >= 0.3 is 6.09 Å². The van der Waals surface area contributed by atoms with E-state index in [0.717, 1.165) is 61.0 Å². The molecule has 1 N–H and O–H groups in total. The Kier molecular flexibility index (Phi) is 9.23. The highest BCUT2D eigenvalue weighted by Crippen LogP contribution is 2.32. The van der Waals surface area contributed by atoms with Gasteiger partial charge in [-0.3, -0.25) is 4.57 Å². The number of fused-ring (bicyclic) bond motifs is 1. The molecule has 0 bridgehead atoms. The number of carbonyl (C=O) groups excluding carboxylic acids is 1. The van der Waals surface area contributed by atoms with E-state index in [9.17, 15) is 4.79 Å². The zero-order valence-corrected chi connectivity index (χ0v) is 25.0. The van der Waals surface area contributed by atoms with Crippen molar-refractivity contribution >= 4 is 30.9 Å². The van der Waals surface area contributed by atoms with E-state index in [-0.39, 0.29) is 12.2 Å². The molecule has 1 saturated heterocycles. The predicted molar refractivity (Wildman–Crippen MR) is 152 cm³/mol. The minimum atomic E-state index is -1.16. The van der Waals surface area contributed by atoms with Crippen LogP contribution in [-0.2, 0) is 20.9 Å². The lowest BCUT2D eigenvalue weighted by Gasteiger charge is -2.40. The standard InChI is InChI=1S/C26H42N8O4Si/c1-26(2,3)38-25(35)27-9-7-8-10-37-21-15-32(16-21)22-13-20(33-17-28-29-18-33)14-23-24(22)30-31-34(23)19-36-11-12-39(4,5)6/h13-14,17-18,21H,7-12,15-16,19H2,1-6H3,(H,27,35). The molecule has 1 aliphatic rings. The first-order chi connectivity index (χ1) is 18.5. The molecule has 2 aromatic heterocycles. The number of nitrogens with zero attached hydrogens (tertiary/aromatic N) is 7. The van der Waals surface area contributed by atoms with Gasteiger partial charge in [0.25, 0.3) is 0 Å². The summed E-state index contributed by atoms with van der Waals surface area (Å²) in [5.74, 6) is 0. The van der Waals surface area contributed by atoms with Gasteiger partial charge in [0.1, 0.15) is 30.5 Å². The number of unbranched alkanes of at least 4 members (excludes halogenated alkanes) is 1. The summed E-state index contributed by atoms with van der Waals surface area (Å²) in [6.45, 7) is 16.4. The summed E-state index contributed by atoms with van der Waals surface area (Å²) in [6.07, 6.45) is 4.84. The molecule has 13 heteroatoms. The van der Waals surface area contributed by atoms with Crippen LogP contribution >= 0.6 is 0 Å². The molecule has 0 spiro atoms. The number of nitrogens with one attached hydrogen (secondary N) is 1. The number of aromatic nitrogens is 6. The summed E-state index contributed by atoms with van der Waals surface area (Å²) >= 11 is 0. The lowest BCUT2D eigenvalue weighted by molar-refractivity contribution is 0.0317. The van der Waals surface area contributed by atoms with Crippen molar-refractivity contribution in [1.82, 2.24) is 35.1 Å². The fourth-order valence-electron chi connectivity index (χ4n) is 4.11. The Bertz CT molecular complexity index is 1210. The molecular weight excluding hydrogens is 516 g/mol. The first kappa shape index (κ1) is 29.0. The van der Waals surface area contributed by atoms with Crippen molar-refractivity contribution in [2.75, 3.05) is 37.7 Å². The van der Waals surface area contributed by atoms with Crippen LogP contribution in [-0.4, -0.2) is 88.5 Å². The van der Waals surface area contributed by atoms with Gasteiger partial charge in [0.05, 0.1) is 23.0 Å². The first-order valence-corrected chi connectivity index (χ1v) is 17.3. The van der Waals surface area contributed by atoms with E-state index in [0.29, 0.717) is 19.9 Å². The molecule has 1 amide bonds. The highest BCUT2D eigenvalue weighted by atomic mass is 28.3. The normalized spacial score (nSPS) is 14.6. The minimum Gasteiger partial charge on any atom is -0.444 e. The Hall–Kier alpha value is -3.03. The number of amides is 1. The average Bonchev–Trinajstić information content (AvgIpc) is 3.48. The van der Waals surface area contributed by atoms with Gasteiger partial charge in [-0.1, -0.05) is 24.9 Å². The predicted octanol–water partition coefficient (Wildman–Crippen LogP) is 3.83.